The van der Waals surface area contributed by atoms with Crippen LogP contribution in [0.15, 0.2) is 66.7 Å². The fourth-order valence-electron chi connectivity index (χ4n) is 3.75. The number of carbonyl (C=O) groups is 4. The summed E-state index contributed by atoms with van der Waals surface area (Å²) in [4.78, 5) is 49.8. The number of rotatable bonds is 10. The normalized spacial score (nSPS) is 10.5. The zero-order chi connectivity index (χ0) is 29.2. The molecule has 0 atom stereocenters. The molecule has 0 bridgehead atoms. The number of benzene rings is 3. The summed E-state index contributed by atoms with van der Waals surface area (Å²) in [5.74, 6) is -0.355. The Labute approximate surface area is 232 Å². The lowest BCUT2D eigenvalue weighted by Gasteiger charge is -2.22. The molecule has 0 unspecified atom stereocenters. The first-order valence-corrected chi connectivity index (χ1v) is 12.2. The third-order valence-electron chi connectivity index (χ3n) is 5.62. The molecule has 0 spiro atoms. The molecule has 10 nitrogen and oxygen atoms in total. The lowest BCUT2D eigenvalue weighted by atomic mass is 10.1. The van der Waals surface area contributed by atoms with Crippen molar-refractivity contribution in [3.63, 3.8) is 0 Å². The molecule has 208 valence electrons. The third-order valence-corrected chi connectivity index (χ3v) is 5.62. The Balaban J connectivity index is 1.94. The van der Waals surface area contributed by atoms with Gasteiger partial charge in [-0.25, -0.2) is 0 Å². The molecule has 0 radical (unpaired) electrons. The quantitative estimate of drug-likeness (QED) is 0.229. The molecule has 3 aromatic rings. The maximum Gasteiger partial charge on any atom is 0.308 e. The molecular weight excluding hydrogens is 516 g/mol. The minimum atomic E-state index is -0.485. The van der Waals surface area contributed by atoms with Gasteiger partial charge in [-0.2, -0.15) is 0 Å². The fraction of sp³-hybridized carbons (Fsp3) is 0.200. The Morgan fingerprint density at radius 1 is 0.775 bits per heavy atom. The second kappa shape index (κ2) is 13.6. The Morgan fingerprint density at radius 3 is 1.90 bits per heavy atom. The number of hydrogen-bond donors (Lipinski definition) is 1. The highest BCUT2D eigenvalue weighted by Crippen LogP contribution is 2.31. The maximum absolute atomic E-state index is 13.5. The van der Waals surface area contributed by atoms with Crippen LogP contribution >= 0.6 is 0 Å². The van der Waals surface area contributed by atoms with Gasteiger partial charge in [-0.05, 0) is 65.7 Å². The van der Waals surface area contributed by atoms with E-state index in [9.17, 15) is 19.2 Å². The number of methoxy groups -OCH3 is 2. The molecule has 1 N–H and O–H groups in total. The summed E-state index contributed by atoms with van der Waals surface area (Å²) in [6, 6.07) is 16.5. The third kappa shape index (κ3) is 7.70. The van der Waals surface area contributed by atoms with E-state index < -0.39 is 11.9 Å². The van der Waals surface area contributed by atoms with Crippen LogP contribution < -0.4 is 29.2 Å². The monoisotopic (exact) mass is 546 g/mol. The van der Waals surface area contributed by atoms with E-state index in [-0.39, 0.29) is 29.9 Å². The van der Waals surface area contributed by atoms with Gasteiger partial charge in [0.15, 0.2) is 23.0 Å². The van der Waals surface area contributed by atoms with Crippen LogP contribution in [0, 0.1) is 0 Å². The van der Waals surface area contributed by atoms with Crippen LogP contribution in [0.3, 0.4) is 0 Å². The van der Waals surface area contributed by atoms with Crippen molar-refractivity contribution in [2.24, 2.45) is 0 Å². The first-order chi connectivity index (χ1) is 19.1. The van der Waals surface area contributed by atoms with Crippen molar-refractivity contribution in [1.82, 2.24) is 5.32 Å². The molecule has 40 heavy (non-hydrogen) atoms. The standard InChI is InChI=1S/C30H30N2O8/c1-19(33)39-25-13-6-21(16-27(25)37-4)8-15-29(35)32(24-11-9-23(10-12-24)30(36)31-3)18-22-7-14-26(40-20(2)34)28(17-22)38-5/h6-17H,18H2,1-5H3,(H,31,36)/b15-8+. The molecule has 3 aromatic carbocycles. The summed E-state index contributed by atoms with van der Waals surface area (Å²) in [6.45, 7) is 2.73. The molecule has 0 aliphatic carbocycles. The first kappa shape index (κ1) is 29.4. The minimum Gasteiger partial charge on any atom is -0.493 e. The largest absolute Gasteiger partial charge is 0.493 e. The Hall–Kier alpha value is -5.12. The summed E-state index contributed by atoms with van der Waals surface area (Å²) in [7, 11) is 4.44. The number of hydrogen-bond acceptors (Lipinski definition) is 8. The number of amides is 2. The van der Waals surface area contributed by atoms with Gasteiger partial charge in [0, 0.05) is 38.2 Å². The van der Waals surface area contributed by atoms with Crippen molar-refractivity contribution in [1.29, 1.82) is 0 Å². The molecule has 10 heteroatoms. The van der Waals surface area contributed by atoms with Crippen LogP contribution in [0.5, 0.6) is 23.0 Å². The van der Waals surface area contributed by atoms with E-state index >= 15 is 0 Å². The van der Waals surface area contributed by atoms with Crippen LogP contribution in [0.1, 0.15) is 35.3 Å². The van der Waals surface area contributed by atoms with Gasteiger partial charge < -0.3 is 29.2 Å². The molecule has 2 amide bonds. The number of carbonyl (C=O) groups excluding carboxylic acids is 4. The number of esters is 2. The van der Waals surface area contributed by atoms with Gasteiger partial charge in [0.2, 0.25) is 0 Å². The molecule has 0 aliphatic heterocycles. The van der Waals surface area contributed by atoms with Crippen LogP contribution in [-0.2, 0) is 20.9 Å². The second-order valence-electron chi connectivity index (χ2n) is 8.47. The zero-order valence-electron chi connectivity index (χ0n) is 22.8. The van der Waals surface area contributed by atoms with E-state index in [0.29, 0.717) is 33.9 Å². The topological polar surface area (TPSA) is 120 Å². The van der Waals surface area contributed by atoms with Crippen molar-refractivity contribution < 1.29 is 38.1 Å². The highest BCUT2D eigenvalue weighted by Gasteiger charge is 2.17. The average Bonchev–Trinajstić information content (AvgIpc) is 2.94. The minimum absolute atomic E-state index is 0.147. The molecule has 0 saturated carbocycles. The van der Waals surface area contributed by atoms with Crippen LogP contribution in [-0.4, -0.2) is 45.0 Å². The summed E-state index contributed by atoms with van der Waals surface area (Å²) in [5.41, 5.74) is 2.34. The first-order valence-electron chi connectivity index (χ1n) is 12.2. The second-order valence-corrected chi connectivity index (χ2v) is 8.47. The van der Waals surface area contributed by atoms with Crippen molar-refractivity contribution >= 4 is 35.5 Å². The van der Waals surface area contributed by atoms with Gasteiger partial charge >= 0.3 is 11.9 Å². The lowest BCUT2D eigenvalue weighted by Crippen LogP contribution is -2.29. The summed E-state index contributed by atoms with van der Waals surface area (Å²) in [6.07, 6.45) is 3.01. The van der Waals surface area contributed by atoms with E-state index in [1.54, 1.807) is 66.7 Å². The predicted molar refractivity (Wildman–Crippen MR) is 149 cm³/mol. The molecular formula is C30H30N2O8. The Morgan fingerprint density at radius 2 is 1.35 bits per heavy atom. The van der Waals surface area contributed by atoms with Crippen molar-refractivity contribution in [3.05, 3.63) is 83.4 Å². The molecule has 0 aliphatic rings. The van der Waals surface area contributed by atoms with Gasteiger partial charge in [0.25, 0.3) is 11.8 Å². The van der Waals surface area contributed by atoms with E-state index in [4.69, 9.17) is 18.9 Å². The molecule has 0 fully saturated rings. The SMILES string of the molecule is CNC(=O)c1ccc(N(Cc2ccc(OC(C)=O)c(OC)c2)C(=O)/C=C/c2ccc(OC(C)=O)c(OC)c2)cc1. The highest BCUT2D eigenvalue weighted by molar-refractivity contribution is 6.04. The highest BCUT2D eigenvalue weighted by atomic mass is 16.6. The van der Waals surface area contributed by atoms with Gasteiger partial charge in [0.05, 0.1) is 20.8 Å². The fourth-order valence-corrected chi connectivity index (χ4v) is 3.75. The molecule has 0 heterocycles. The van der Waals surface area contributed by atoms with Crippen molar-refractivity contribution in [3.8, 4) is 23.0 Å². The Bertz CT molecular complexity index is 1430. The summed E-state index contributed by atoms with van der Waals surface area (Å²) >= 11 is 0. The Kier molecular flexibility index (Phi) is 10.0. The van der Waals surface area contributed by atoms with Crippen molar-refractivity contribution in [2.75, 3.05) is 26.2 Å². The summed E-state index contributed by atoms with van der Waals surface area (Å²) in [5, 5.41) is 2.57. The van der Waals surface area contributed by atoms with E-state index in [1.807, 2.05) is 0 Å². The van der Waals surface area contributed by atoms with E-state index in [1.165, 1.54) is 46.1 Å². The number of ether oxygens (including phenoxy) is 4. The zero-order valence-corrected chi connectivity index (χ0v) is 22.8. The van der Waals surface area contributed by atoms with Crippen molar-refractivity contribution in [2.45, 2.75) is 20.4 Å². The lowest BCUT2D eigenvalue weighted by molar-refractivity contribution is -0.132. The van der Waals surface area contributed by atoms with Gasteiger partial charge in [-0.15, -0.1) is 0 Å². The van der Waals surface area contributed by atoms with Gasteiger partial charge in [-0.3, -0.25) is 19.2 Å². The van der Waals surface area contributed by atoms with Crippen LogP contribution in [0.2, 0.25) is 0 Å². The van der Waals surface area contributed by atoms with Gasteiger partial charge in [0.1, 0.15) is 0 Å². The summed E-state index contributed by atoms with van der Waals surface area (Å²) < 4.78 is 21.0. The van der Waals surface area contributed by atoms with Gasteiger partial charge in [-0.1, -0.05) is 12.1 Å². The smallest absolute Gasteiger partial charge is 0.308 e. The average molecular weight is 547 g/mol. The van der Waals surface area contributed by atoms with E-state index in [2.05, 4.69) is 5.32 Å². The number of nitrogens with one attached hydrogen (secondary N) is 1. The van der Waals surface area contributed by atoms with E-state index in [0.717, 1.165) is 0 Å². The molecule has 3 rings (SSSR count). The molecule has 0 aromatic heterocycles. The number of nitrogens with zero attached hydrogens (tertiary/aromatic N) is 1. The predicted octanol–water partition coefficient (Wildman–Crippen LogP) is 4.16. The van der Waals surface area contributed by atoms with Crippen LogP contribution in [0.25, 0.3) is 6.08 Å². The molecule has 0 saturated heterocycles. The van der Waals surface area contributed by atoms with Crippen LogP contribution in [0.4, 0.5) is 5.69 Å². The number of anilines is 1. The maximum atomic E-state index is 13.5.